The lowest BCUT2D eigenvalue weighted by Gasteiger charge is -2.38. The summed E-state index contributed by atoms with van der Waals surface area (Å²) in [6.07, 6.45) is 6.88. The summed E-state index contributed by atoms with van der Waals surface area (Å²) in [7, 11) is 1.84. The summed E-state index contributed by atoms with van der Waals surface area (Å²) in [5, 5.41) is 3.50. The zero-order chi connectivity index (χ0) is 18.9. The van der Waals surface area contributed by atoms with Crippen LogP contribution in [-0.2, 0) is 4.74 Å². The summed E-state index contributed by atoms with van der Waals surface area (Å²) in [6, 6.07) is 7.29. The molecule has 0 spiro atoms. The van der Waals surface area contributed by atoms with Crippen LogP contribution in [0.3, 0.4) is 0 Å². The van der Waals surface area contributed by atoms with Crippen molar-refractivity contribution >= 4 is 11.4 Å². The van der Waals surface area contributed by atoms with E-state index < -0.39 is 0 Å². The average Bonchev–Trinajstić information content (AvgIpc) is 3.18. The number of piperazine rings is 1. The molecule has 3 aliphatic rings. The van der Waals surface area contributed by atoms with E-state index in [9.17, 15) is 0 Å². The van der Waals surface area contributed by atoms with Crippen molar-refractivity contribution in [2.75, 3.05) is 56.2 Å². The molecule has 1 atom stereocenters. The van der Waals surface area contributed by atoms with Crippen LogP contribution in [0.2, 0.25) is 0 Å². The normalized spacial score (nSPS) is 26.6. The smallest absolute Gasteiger partial charge is 0.0762 e. The molecule has 0 radical (unpaired) electrons. The molecule has 0 amide bonds. The van der Waals surface area contributed by atoms with E-state index in [0.29, 0.717) is 17.4 Å². The van der Waals surface area contributed by atoms with Gasteiger partial charge in [0, 0.05) is 57.8 Å². The van der Waals surface area contributed by atoms with Gasteiger partial charge in [0.25, 0.3) is 0 Å². The lowest BCUT2D eigenvalue weighted by molar-refractivity contribution is 0.121. The van der Waals surface area contributed by atoms with Gasteiger partial charge in [-0.25, -0.2) is 0 Å². The van der Waals surface area contributed by atoms with E-state index >= 15 is 0 Å². The third-order valence-electron chi connectivity index (χ3n) is 7.09. The fraction of sp³-hybridized carbons (Fsp3) is 0.739. The molecule has 150 valence electrons. The SMILES string of the molecule is CO[C@@H]1CCN(c2ccc(N3CCNCC3)c(C3CCC(C)(C)CC3)c2)C1. The van der Waals surface area contributed by atoms with Crippen LogP contribution in [0.25, 0.3) is 0 Å². The minimum atomic E-state index is 0.386. The Morgan fingerprint density at radius 1 is 1.00 bits per heavy atom. The van der Waals surface area contributed by atoms with Crippen LogP contribution >= 0.6 is 0 Å². The molecule has 1 saturated carbocycles. The molecule has 4 rings (SSSR count). The van der Waals surface area contributed by atoms with Gasteiger partial charge in [0.2, 0.25) is 0 Å². The van der Waals surface area contributed by atoms with Crippen molar-refractivity contribution in [2.45, 2.75) is 58.0 Å². The van der Waals surface area contributed by atoms with Gasteiger partial charge in [-0.1, -0.05) is 13.8 Å². The first-order chi connectivity index (χ1) is 13.1. The van der Waals surface area contributed by atoms with Crippen LogP contribution in [-0.4, -0.2) is 52.5 Å². The highest BCUT2D eigenvalue weighted by molar-refractivity contribution is 5.64. The van der Waals surface area contributed by atoms with Crippen molar-refractivity contribution in [3.63, 3.8) is 0 Å². The molecule has 2 saturated heterocycles. The molecule has 1 N–H and O–H groups in total. The van der Waals surface area contributed by atoms with Gasteiger partial charge in [-0.05, 0) is 67.2 Å². The number of anilines is 2. The van der Waals surface area contributed by atoms with Crippen molar-refractivity contribution in [3.05, 3.63) is 23.8 Å². The van der Waals surface area contributed by atoms with Gasteiger partial charge in [0.15, 0.2) is 0 Å². The first-order valence-corrected chi connectivity index (χ1v) is 10.9. The molecule has 4 nitrogen and oxygen atoms in total. The van der Waals surface area contributed by atoms with Gasteiger partial charge >= 0.3 is 0 Å². The van der Waals surface area contributed by atoms with Gasteiger partial charge in [-0.3, -0.25) is 0 Å². The molecule has 1 aromatic rings. The van der Waals surface area contributed by atoms with Crippen molar-refractivity contribution < 1.29 is 4.74 Å². The minimum Gasteiger partial charge on any atom is -0.380 e. The highest BCUT2D eigenvalue weighted by atomic mass is 16.5. The fourth-order valence-electron chi connectivity index (χ4n) is 5.12. The predicted octanol–water partition coefficient (Wildman–Crippen LogP) is 4.01. The molecule has 1 aromatic carbocycles. The third kappa shape index (κ3) is 4.27. The van der Waals surface area contributed by atoms with Crippen LogP contribution in [0.1, 0.15) is 57.4 Å². The van der Waals surface area contributed by atoms with Gasteiger partial charge < -0.3 is 19.9 Å². The molecule has 2 aliphatic heterocycles. The molecule has 4 heteroatoms. The van der Waals surface area contributed by atoms with Crippen molar-refractivity contribution in [1.29, 1.82) is 0 Å². The Kier molecular flexibility index (Phi) is 5.65. The standard InChI is InChI=1S/C23H37N3O/c1-23(2)9-6-18(7-10-23)21-16-19(26-13-8-20(17-26)27-3)4-5-22(21)25-14-11-24-12-15-25/h4-5,16,18,20,24H,6-15,17H2,1-3H3/t20-/m1/s1. The van der Waals surface area contributed by atoms with E-state index in [-0.39, 0.29) is 0 Å². The lowest BCUT2D eigenvalue weighted by atomic mass is 9.71. The topological polar surface area (TPSA) is 27.7 Å². The Hall–Kier alpha value is -1.26. The highest BCUT2D eigenvalue weighted by Gasteiger charge is 2.31. The van der Waals surface area contributed by atoms with Crippen LogP contribution in [0.4, 0.5) is 11.4 Å². The molecule has 0 bridgehead atoms. The summed E-state index contributed by atoms with van der Waals surface area (Å²) >= 11 is 0. The maximum atomic E-state index is 5.59. The van der Waals surface area contributed by atoms with Crippen molar-refractivity contribution in [3.8, 4) is 0 Å². The maximum absolute atomic E-state index is 5.59. The van der Waals surface area contributed by atoms with Crippen molar-refractivity contribution in [1.82, 2.24) is 5.32 Å². The van der Waals surface area contributed by atoms with Gasteiger partial charge in [0.1, 0.15) is 0 Å². The Balaban J connectivity index is 1.61. The summed E-state index contributed by atoms with van der Waals surface area (Å²) in [6.45, 7) is 11.5. The quantitative estimate of drug-likeness (QED) is 0.866. The number of rotatable bonds is 4. The van der Waals surface area contributed by atoms with Crippen LogP contribution in [0, 0.1) is 5.41 Å². The Morgan fingerprint density at radius 3 is 2.41 bits per heavy atom. The van der Waals surface area contributed by atoms with Gasteiger partial charge in [0.05, 0.1) is 6.10 Å². The second kappa shape index (κ2) is 8.00. The predicted molar refractivity (Wildman–Crippen MR) is 114 cm³/mol. The van der Waals surface area contributed by atoms with E-state index in [4.69, 9.17) is 4.74 Å². The Morgan fingerprint density at radius 2 is 1.74 bits per heavy atom. The van der Waals surface area contributed by atoms with E-state index in [1.54, 1.807) is 5.56 Å². The number of benzene rings is 1. The van der Waals surface area contributed by atoms with E-state index in [0.717, 1.165) is 45.7 Å². The summed E-state index contributed by atoms with van der Waals surface area (Å²) < 4.78 is 5.59. The molecule has 0 unspecified atom stereocenters. The van der Waals surface area contributed by atoms with Gasteiger partial charge in [-0.2, -0.15) is 0 Å². The fourth-order valence-corrected chi connectivity index (χ4v) is 5.12. The number of nitrogens with zero attached hydrogens (tertiary/aromatic N) is 2. The van der Waals surface area contributed by atoms with E-state index in [1.807, 2.05) is 7.11 Å². The average molecular weight is 372 g/mol. The summed E-state index contributed by atoms with van der Waals surface area (Å²) in [5.41, 5.74) is 5.01. The molecule has 1 aliphatic carbocycles. The van der Waals surface area contributed by atoms with Crippen LogP contribution < -0.4 is 15.1 Å². The molecular formula is C23H37N3O. The highest BCUT2D eigenvalue weighted by Crippen LogP contribution is 2.45. The Bertz CT molecular complexity index is 629. The number of ether oxygens (including phenoxy) is 1. The lowest BCUT2D eigenvalue weighted by Crippen LogP contribution is -2.44. The maximum Gasteiger partial charge on any atom is 0.0762 e. The second-order valence-corrected chi connectivity index (χ2v) is 9.51. The zero-order valence-corrected chi connectivity index (χ0v) is 17.5. The number of hydrogen-bond acceptors (Lipinski definition) is 4. The molecule has 0 aromatic heterocycles. The summed E-state index contributed by atoms with van der Waals surface area (Å²) in [4.78, 5) is 5.13. The zero-order valence-electron chi connectivity index (χ0n) is 17.5. The van der Waals surface area contributed by atoms with E-state index in [1.165, 1.54) is 37.1 Å². The van der Waals surface area contributed by atoms with Crippen molar-refractivity contribution in [2.24, 2.45) is 5.41 Å². The molecule has 27 heavy (non-hydrogen) atoms. The summed E-state index contributed by atoms with van der Waals surface area (Å²) in [5.74, 6) is 0.712. The minimum absolute atomic E-state index is 0.386. The third-order valence-corrected chi connectivity index (χ3v) is 7.09. The first kappa shape index (κ1) is 19.1. The Labute approximate surface area is 165 Å². The first-order valence-electron chi connectivity index (χ1n) is 10.9. The molecular weight excluding hydrogens is 334 g/mol. The largest absolute Gasteiger partial charge is 0.380 e. The number of methoxy groups -OCH3 is 1. The molecule has 2 heterocycles. The number of hydrogen-bond donors (Lipinski definition) is 1. The van der Waals surface area contributed by atoms with E-state index in [2.05, 4.69) is 47.2 Å². The van der Waals surface area contributed by atoms with Gasteiger partial charge in [-0.15, -0.1) is 0 Å². The van der Waals surface area contributed by atoms with Crippen LogP contribution in [0.5, 0.6) is 0 Å². The monoisotopic (exact) mass is 371 g/mol. The van der Waals surface area contributed by atoms with Crippen LogP contribution in [0.15, 0.2) is 18.2 Å². The number of nitrogens with one attached hydrogen (secondary N) is 1. The molecule has 3 fully saturated rings. The second-order valence-electron chi connectivity index (χ2n) is 9.51.